The van der Waals surface area contributed by atoms with E-state index in [9.17, 15) is 5.11 Å². The number of aliphatic hydroxyl groups excluding tert-OH is 1. The SMILES string of the molecule is CC(C)CN[C@H]1[C@@H](O)[C@@H]2OC3(CCCCC3)O[C@@H]2[C@H]2OC3(CCCCC3)O[C@@H]12. The van der Waals surface area contributed by atoms with Gasteiger partial charge in [0.05, 0.1) is 6.04 Å². The van der Waals surface area contributed by atoms with E-state index >= 15 is 0 Å². The van der Waals surface area contributed by atoms with Crippen molar-refractivity contribution >= 4 is 0 Å². The molecule has 2 N–H and O–H groups in total. The Morgan fingerprint density at radius 3 is 1.75 bits per heavy atom. The van der Waals surface area contributed by atoms with Crippen molar-refractivity contribution in [3.8, 4) is 0 Å². The molecule has 2 saturated heterocycles. The third kappa shape index (κ3) is 3.34. The fourth-order valence-corrected chi connectivity index (χ4v) is 6.03. The first-order chi connectivity index (χ1) is 13.5. The molecule has 3 aliphatic carbocycles. The molecule has 0 unspecified atom stereocenters. The Bertz CT molecular complexity index is 557. The van der Waals surface area contributed by atoms with E-state index in [0.29, 0.717) is 5.92 Å². The lowest BCUT2D eigenvalue weighted by Gasteiger charge is -2.41. The Morgan fingerprint density at radius 1 is 0.750 bits per heavy atom. The molecule has 0 bridgehead atoms. The van der Waals surface area contributed by atoms with Crippen molar-refractivity contribution < 1.29 is 24.1 Å². The smallest absolute Gasteiger partial charge is 0.169 e. The molecule has 0 aromatic rings. The van der Waals surface area contributed by atoms with Gasteiger partial charge in [-0.25, -0.2) is 0 Å². The second kappa shape index (κ2) is 7.47. The number of hydrogen-bond acceptors (Lipinski definition) is 6. The molecule has 5 fully saturated rings. The summed E-state index contributed by atoms with van der Waals surface area (Å²) < 4.78 is 26.3. The van der Waals surface area contributed by atoms with Crippen LogP contribution in [-0.2, 0) is 18.9 Å². The van der Waals surface area contributed by atoms with Crippen LogP contribution in [0.1, 0.15) is 78.1 Å². The summed E-state index contributed by atoms with van der Waals surface area (Å²) >= 11 is 0. The van der Waals surface area contributed by atoms with Crippen molar-refractivity contribution in [2.24, 2.45) is 5.92 Å². The van der Waals surface area contributed by atoms with Gasteiger partial charge in [-0.05, 0) is 38.1 Å². The summed E-state index contributed by atoms with van der Waals surface area (Å²) in [5, 5.41) is 14.9. The van der Waals surface area contributed by atoms with Gasteiger partial charge in [0.1, 0.15) is 30.5 Å². The van der Waals surface area contributed by atoms with Crippen molar-refractivity contribution in [1.82, 2.24) is 5.32 Å². The Labute approximate surface area is 168 Å². The van der Waals surface area contributed by atoms with E-state index in [1.54, 1.807) is 0 Å². The molecule has 6 heteroatoms. The van der Waals surface area contributed by atoms with Crippen molar-refractivity contribution in [2.45, 2.75) is 126 Å². The molecular formula is C22H37NO5. The third-order valence-corrected chi connectivity index (χ3v) is 7.43. The molecule has 6 atom stereocenters. The van der Waals surface area contributed by atoms with Crippen LogP contribution in [-0.4, -0.2) is 59.8 Å². The predicted octanol–water partition coefficient (Wildman–Crippen LogP) is 2.86. The van der Waals surface area contributed by atoms with Gasteiger partial charge in [-0.1, -0.05) is 26.7 Å². The molecule has 5 rings (SSSR count). The summed E-state index contributed by atoms with van der Waals surface area (Å²) in [5.74, 6) is -0.525. The van der Waals surface area contributed by atoms with Crippen LogP contribution in [0.15, 0.2) is 0 Å². The third-order valence-electron chi connectivity index (χ3n) is 7.43. The first-order valence-electron chi connectivity index (χ1n) is 11.6. The molecular weight excluding hydrogens is 358 g/mol. The molecule has 0 aromatic heterocycles. The van der Waals surface area contributed by atoms with Gasteiger partial charge in [-0.2, -0.15) is 0 Å². The first-order valence-corrected chi connectivity index (χ1v) is 11.6. The Morgan fingerprint density at radius 2 is 1.21 bits per heavy atom. The normalized spacial score (nSPS) is 44.1. The maximum atomic E-state index is 11.3. The maximum Gasteiger partial charge on any atom is 0.169 e. The second-order valence-electron chi connectivity index (χ2n) is 10.1. The van der Waals surface area contributed by atoms with Gasteiger partial charge < -0.3 is 29.4 Å². The molecule has 0 aromatic carbocycles. The summed E-state index contributed by atoms with van der Waals surface area (Å²) in [7, 11) is 0. The average molecular weight is 396 g/mol. The highest BCUT2D eigenvalue weighted by atomic mass is 16.8. The molecule has 6 nitrogen and oxygen atoms in total. The van der Waals surface area contributed by atoms with Crippen LogP contribution in [0.4, 0.5) is 0 Å². The standard InChI is InChI=1S/C22H37NO5/c1-14(2)13-23-15-16(24)18-20(28-22(26-18)11-7-4-8-12-22)19-17(15)25-21(27-19)9-5-3-6-10-21/h14-20,23-24H,3-13H2,1-2H3/t15-,16+,17-,18-,19-,20-/m0/s1. The van der Waals surface area contributed by atoms with E-state index in [2.05, 4.69) is 19.2 Å². The van der Waals surface area contributed by atoms with Gasteiger partial charge in [0, 0.05) is 25.7 Å². The fraction of sp³-hybridized carbons (Fsp3) is 1.00. The summed E-state index contributed by atoms with van der Waals surface area (Å²) in [6.45, 7) is 5.21. The van der Waals surface area contributed by atoms with Gasteiger partial charge in [-0.15, -0.1) is 0 Å². The number of fused-ring (bicyclic) bond motifs is 3. The van der Waals surface area contributed by atoms with E-state index in [4.69, 9.17) is 18.9 Å². The maximum absolute atomic E-state index is 11.3. The number of rotatable bonds is 3. The highest BCUT2D eigenvalue weighted by Gasteiger charge is 2.65. The van der Waals surface area contributed by atoms with Crippen molar-refractivity contribution in [2.75, 3.05) is 6.54 Å². The lowest BCUT2D eigenvalue weighted by Crippen LogP contribution is -2.66. The highest BCUT2D eigenvalue weighted by molar-refractivity contribution is 5.11. The summed E-state index contributed by atoms with van der Waals surface area (Å²) in [6.07, 6.45) is 9.15. The molecule has 2 spiro atoms. The van der Waals surface area contributed by atoms with Crippen LogP contribution < -0.4 is 5.32 Å². The van der Waals surface area contributed by atoms with Crippen LogP contribution in [0.5, 0.6) is 0 Å². The molecule has 0 radical (unpaired) electrons. The molecule has 160 valence electrons. The van der Waals surface area contributed by atoms with Crippen LogP contribution in [0, 0.1) is 5.92 Å². The topological polar surface area (TPSA) is 69.2 Å². The number of nitrogens with one attached hydrogen (secondary N) is 1. The van der Waals surface area contributed by atoms with Crippen LogP contribution in [0.25, 0.3) is 0 Å². The lowest BCUT2D eigenvalue weighted by molar-refractivity contribution is -0.221. The lowest BCUT2D eigenvalue weighted by atomic mass is 9.83. The Kier molecular flexibility index (Phi) is 5.26. The summed E-state index contributed by atoms with van der Waals surface area (Å²) in [5.41, 5.74) is 0. The summed E-state index contributed by atoms with van der Waals surface area (Å²) in [4.78, 5) is 0. The van der Waals surface area contributed by atoms with Crippen molar-refractivity contribution in [1.29, 1.82) is 0 Å². The quantitative estimate of drug-likeness (QED) is 0.766. The Balaban J connectivity index is 1.42. The first kappa shape index (κ1) is 19.7. The molecule has 3 saturated carbocycles. The van der Waals surface area contributed by atoms with Gasteiger partial charge >= 0.3 is 0 Å². The molecule has 28 heavy (non-hydrogen) atoms. The number of hydrogen-bond donors (Lipinski definition) is 2. The zero-order valence-corrected chi connectivity index (χ0v) is 17.4. The average Bonchev–Trinajstić information content (AvgIpc) is 3.22. The van der Waals surface area contributed by atoms with E-state index in [1.165, 1.54) is 12.8 Å². The minimum atomic E-state index is -0.645. The van der Waals surface area contributed by atoms with Gasteiger partial charge in [-0.3, -0.25) is 0 Å². The predicted molar refractivity (Wildman–Crippen MR) is 104 cm³/mol. The zero-order chi connectivity index (χ0) is 19.4. The van der Waals surface area contributed by atoms with E-state index < -0.39 is 17.7 Å². The van der Waals surface area contributed by atoms with E-state index in [0.717, 1.165) is 57.9 Å². The Hall–Kier alpha value is -0.240. The van der Waals surface area contributed by atoms with Crippen LogP contribution in [0.3, 0.4) is 0 Å². The van der Waals surface area contributed by atoms with Crippen molar-refractivity contribution in [3.05, 3.63) is 0 Å². The minimum Gasteiger partial charge on any atom is -0.389 e. The van der Waals surface area contributed by atoms with Gasteiger partial charge in [0.2, 0.25) is 0 Å². The summed E-state index contributed by atoms with van der Waals surface area (Å²) in [6, 6.07) is -0.183. The van der Waals surface area contributed by atoms with Crippen LogP contribution >= 0.6 is 0 Å². The monoisotopic (exact) mass is 395 g/mol. The molecule has 0 amide bonds. The van der Waals surface area contributed by atoms with E-state index in [-0.39, 0.29) is 30.5 Å². The van der Waals surface area contributed by atoms with Gasteiger partial charge in [0.15, 0.2) is 11.6 Å². The minimum absolute atomic E-state index is 0.169. The zero-order valence-electron chi connectivity index (χ0n) is 17.4. The second-order valence-corrected chi connectivity index (χ2v) is 10.1. The highest BCUT2D eigenvalue weighted by Crippen LogP contribution is 2.51. The number of aliphatic hydroxyl groups is 1. The van der Waals surface area contributed by atoms with Crippen LogP contribution in [0.2, 0.25) is 0 Å². The number of ether oxygens (including phenoxy) is 4. The largest absolute Gasteiger partial charge is 0.389 e. The molecule has 5 aliphatic rings. The fourth-order valence-electron chi connectivity index (χ4n) is 6.03. The van der Waals surface area contributed by atoms with E-state index in [1.807, 2.05) is 0 Å². The van der Waals surface area contributed by atoms with Crippen molar-refractivity contribution in [3.63, 3.8) is 0 Å². The molecule has 2 heterocycles. The molecule has 2 aliphatic heterocycles. The van der Waals surface area contributed by atoms with Gasteiger partial charge in [0.25, 0.3) is 0 Å².